The van der Waals surface area contributed by atoms with Crippen LogP contribution in [0.4, 0.5) is 4.79 Å². The third-order valence-corrected chi connectivity index (χ3v) is 4.96. The van der Waals surface area contributed by atoms with E-state index in [0.717, 1.165) is 0 Å². The van der Waals surface area contributed by atoms with E-state index in [4.69, 9.17) is 28.9 Å². The summed E-state index contributed by atoms with van der Waals surface area (Å²) in [5, 5.41) is 11.5. The van der Waals surface area contributed by atoms with Crippen LogP contribution in [0.15, 0.2) is 23.4 Å². The zero-order valence-corrected chi connectivity index (χ0v) is 16.8. The average Bonchev–Trinajstić information content (AvgIpc) is 2.88. The molecular formula is C16H19Cl2N5O2S. The molecule has 0 aliphatic heterocycles. The Morgan fingerprint density at radius 1 is 1.27 bits per heavy atom. The number of hydrogen-bond acceptors (Lipinski definition) is 5. The summed E-state index contributed by atoms with van der Waals surface area (Å²) >= 11 is 13.5. The molecule has 2 aromatic rings. The molecule has 0 bridgehead atoms. The molecule has 0 aliphatic carbocycles. The second-order valence-electron chi connectivity index (χ2n) is 6.05. The van der Waals surface area contributed by atoms with Gasteiger partial charge in [-0.1, -0.05) is 48.8 Å². The molecule has 7 nitrogen and oxygen atoms in total. The fourth-order valence-electron chi connectivity index (χ4n) is 2.21. The molecular weight excluding hydrogens is 397 g/mol. The fraction of sp³-hybridized carbons (Fsp3) is 0.375. The number of nitrogens with one attached hydrogen (secondary N) is 1. The van der Waals surface area contributed by atoms with Crippen molar-refractivity contribution in [3.8, 4) is 11.4 Å². The number of nitrogens with two attached hydrogens (primary N) is 1. The van der Waals surface area contributed by atoms with Crippen LogP contribution in [0.2, 0.25) is 10.0 Å². The summed E-state index contributed by atoms with van der Waals surface area (Å²) < 4.78 is 1.90. The molecule has 1 heterocycles. The van der Waals surface area contributed by atoms with Crippen LogP contribution in [0.25, 0.3) is 11.4 Å². The van der Waals surface area contributed by atoms with Crippen LogP contribution >= 0.6 is 35.0 Å². The maximum Gasteiger partial charge on any atom is 0.318 e. The molecule has 0 aliphatic rings. The lowest BCUT2D eigenvalue weighted by Crippen LogP contribution is -2.39. The summed E-state index contributed by atoms with van der Waals surface area (Å²) in [6.07, 6.45) is 0. The SMILES string of the molecule is CC(C)Cn1c(SC(C)C(=O)NC(N)=O)nnc1-c1ccc(Cl)cc1Cl. The highest BCUT2D eigenvalue weighted by atomic mass is 35.5. The number of rotatable bonds is 6. The number of aromatic nitrogens is 3. The monoisotopic (exact) mass is 415 g/mol. The van der Waals surface area contributed by atoms with Crippen LogP contribution in [0.3, 0.4) is 0 Å². The van der Waals surface area contributed by atoms with Crippen molar-refractivity contribution in [2.24, 2.45) is 11.7 Å². The molecule has 0 radical (unpaired) electrons. The molecule has 1 unspecified atom stereocenters. The second kappa shape index (κ2) is 8.75. The van der Waals surface area contributed by atoms with E-state index in [1.54, 1.807) is 25.1 Å². The van der Waals surface area contributed by atoms with Gasteiger partial charge in [0.1, 0.15) is 0 Å². The largest absolute Gasteiger partial charge is 0.351 e. The van der Waals surface area contributed by atoms with Crippen LogP contribution in [-0.2, 0) is 11.3 Å². The van der Waals surface area contributed by atoms with Gasteiger partial charge in [0.25, 0.3) is 0 Å². The summed E-state index contributed by atoms with van der Waals surface area (Å²) in [5.74, 6) is 0.406. The van der Waals surface area contributed by atoms with Crippen molar-refractivity contribution in [3.05, 3.63) is 28.2 Å². The molecule has 1 atom stereocenters. The van der Waals surface area contributed by atoms with Gasteiger partial charge in [0.15, 0.2) is 11.0 Å². The summed E-state index contributed by atoms with van der Waals surface area (Å²) in [6, 6.07) is 4.26. The Morgan fingerprint density at radius 3 is 2.54 bits per heavy atom. The number of imide groups is 1. The molecule has 140 valence electrons. The number of carbonyl (C=O) groups is 2. The molecule has 10 heteroatoms. The van der Waals surface area contributed by atoms with Gasteiger partial charge >= 0.3 is 6.03 Å². The number of thioether (sulfide) groups is 1. The van der Waals surface area contributed by atoms with Gasteiger partial charge in [0.05, 0.1) is 10.3 Å². The molecule has 3 amide bonds. The first-order valence-corrected chi connectivity index (χ1v) is 9.48. The van der Waals surface area contributed by atoms with E-state index in [0.29, 0.717) is 39.1 Å². The number of hydrogen-bond donors (Lipinski definition) is 2. The van der Waals surface area contributed by atoms with Crippen molar-refractivity contribution in [3.63, 3.8) is 0 Å². The Bertz CT molecular complexity index is 825. The minimum absolute atomic E-state index is 0.310. The number of nitrogens with zero attached hydrogens (tertiary/aromatic N) is 3. The Hall–Kier alpha value is -1.77. The van der Waals surface area contributed by atoms with Gasteiger partial charge in [-0.2, -0.15) is 0 Å². The van der Waals surface area contributed by atoms with Crippen molar-refractivity contribution in [1.82, 2.24) is 20.1 Å². The summed E-state index contributed by atoms with van der Waals surface area (Å²) in [4.78, 5) is 22.8. The summed E-state index contributed by atoms with van der Waals surface area (Å²) in [6.45, 7) is 6.41. The second-order valence-corrected chi connectivity index (χ2v) is 8.20. The third-order valence-electron chi connectivity index (χ3n) is 3.33. The lowest BCUT2D eigenvalue weighted by atomic mass is 10.2. The maximum absolute atomic E-state index is 11.9. The first-order valence-electron chi connectivity index (χ1n) is 7.84. The molecule has 1 aromatic heterocycles. The van der Waals surface area contributed by atoms with Crippen LogP contribution in [0, 0.1) is 5.92 Å². The molecule has 0 spiro atoms. The van der Waals surface area contributed by atoms with Crippen LogP contribution < -0.4 is 11.1 Å². The third kappa shape index (κ3) is 5.12. The maximum atomic E-state index is 11.9. The van der Waals surface area contributed by atoms with Crippen molar-refractivity contribution >= 4 is 46.9 Å². The molecule has 26 heavy (non-hydrogen) atoms. The zero-order chi connectivity index (χ0) is 19.4. The van der Waals surface area contributed by atoms with E-state index in [-0.39, 0.29) is 0 Å². The molecule has 0 saturated heterocycles. The normalized spacial score (nSPS) is 12.2. The number of halogens is 2. The number of primary amides is 1. The van der Waals surface area contributed by atoms with Crippen molar-refractivity contribution in [1.29, 1.82) is 0 Å². The standard InChI is InChI=1S/C16H19Cl2N5O2S/c1-8(2)7-23-13(11-5-4-10(17)6-12(11)18)21-22-16(23)26-9(3)14(24)20-15(19)25/h4-6,8-9H,7H2,1-3H3,(H3,19,20,24,25). The Kier molecular flexibility index (Phi) is 6.91. The van der Waals surface area contributed by atoms with Gasteiger partial charge in [0.2, 0.25) is 5.91 Å². The zero-order valence-electron chi connectivity index (χ0n) is 14.5. The highest BCUT2D eigenvalue weighted by molar-refractivity contribution is 8.00. The van der Waals surface area contributed by atoms with E-state index in [1.165, 1.54) is 11.8 Å². The number of carbonyl (C=O) groups excluding carboxylic acids is 2. The average molecular weight is 416 g/mol. The van der Waals surface area contributed by atoms with Gasteiger partial charge in [-0.05, 0) is 31.0 Å². The minimum Gasteiger partial charge on any atom is -0.351 e. The number of amides is 3. The highest BCUT2D eigenvalue weighted by Crippen LogP contribution is 2.33. The lowest BCUT2D eigenvalue weighted by molar-refractivity contribution is -0.119. The topological polar surface area (TPSA) is 103 Å². The van der Waals surface area contributed by atoms with Gasteiger partial charge in [-0.15, -0.1) is 10.2 Å². The van der Waals surface area contributed by atoms with E-state index in [2.05, 4.69) is 29.4 Å². The summed E-state index contributed by atoms with van der Waals surface area (Å²) in [7, 11) is 0. The number of benzene rings is 1. The van der Waals surface area contributed by atoms with Crippen LogP contribution in [-0.4, -0.2) is 32.0 Å². The Labute approximate surface area is 165 Å². The van der Waals surface area contributed by atoms with Crippen LogP contribution in [0.1, 0.15) is 20.8 Å². The van der Waals surface area contributed by atoms with Gasteiger partial charge in [0, 0.05) is 17.1 Å². The Balaban J connectivity index is 2.37. The van der Waals surface area contributed by atoms with Crippen molar-refractivity contribution in [2.45, 2.75) is 37.7 Å². The first-order chi connectivity index (χ1) is 12.2. The van der Waals surface area contributed by atoms with Gasteiger partial charge < -0.3 is 10.3 Å². The lowest BCUT2D eigenvalue weighted by Gasteiger charge is -2.15. The molecule has 1 aromatic carbocycles. The van der Waals surface area contributed by atoms with Crippen molar-refractivity contribution < 1.29 is 9.59 Å². The number of urea groups is 1. The highest BCUT2D eigenvalue weighted by Gasteiger charge is 2.23. The summed E-state index contributed by atoms with van der Waals surface area (Å²) in [5.41, 5.74) is 5.69. The predicted octanol–water partition coefficient (Wildman–Crippen LogP) is 3.58. The molecule has 2 rings (SSSR count). The minimum atomic E-state index is -0.889. The van der Waals surface area contributed by atoms with E-state index in [1.807, 2.05) is 4.57 Å². The van der Waals surface area contributed by atoms with E-state index in [9.17, 15) is 9.59 Å². The van der Waals surface area contributed by atoms with Crippen molar-refractivity contribution in [2.75, 3.05) is 0 Å². The first kappa shape index (κ1) is 20.5. The Morgan fingerprint density at radius 2 is 1.96 bits per heavy atom. The molecule has 0 saturated carbocycles. The van der Waals surface area contributed by atoms with Gasteiger partial charge in [-0.25, -0.2) is 4.79 Å². The predicted molar refractivity (Wildman–Crippen MR) is 103 cm³/mol. The fourth-order valence-corrected chi connectivity index (χ4v) is 3.56. The van der Waals surface area contributed by atoms with E-state index < -0.39 is 17.2 Å². The smallest absolute Gasteiger partial charge is 0.318 e. The van der Waals surface area contributed by atoms with Crippen LogP contribution in [0.5, 0.6) is 0 Å². The van der Waals surface area contributed by atoms with Gasteiger partial charge in [-0.3, -0.25) is 10.1 Å². The molecule has 0 fully saturated rings. The molecule has 3 N–H and O–H groups in total. The quantitative estimate of drug-likeness (QED) is 0.701. The van der Waals surface area contributed by atoms with E-state index >= 15 is 0 Å².